The molecular weight excluding hydrogens is 532 g/mol. The van der Waals surface area contributed by atoms with E-state index in [4.69, 9.17) is 4.74 Å². The molecule has 0 unspecified atom stereocenters. The first-order valence-electron chi connectivity index (χ1n) is 13.1. The van der Waals surface area contributed by atoms with Crippen LogP contribution >= 0.6 is 0 Å². The number of ether oxygens (including phenoxy) is 1. The second kappa shape index (κ2) is 12.1. The monoisotopic (exact) mass is 568 g/mol. The molecule has 11 heteroatoms. The topological polar surface area (TPSA) is 128 Å². The van der Waals surface area contributed by atoms with Crippen molar-refractivity contribution in [1.82, 2.24) is 9.80 Å². The largest absolute Gasteiger partial charge is 0.488 e. The number of aliphatic hydroxyl groups is 1. The fourth-order valence-electron chi connectivity index (χ4n) is 4.82. The number of sulfonamides is 1. The van der Waals surface area contributed by atoms with Gasteiger partial charge in [-0.3, -0.25) is 9.52 Å². The Morgan fingerprint density at radius 2 is 1.90 bits per heavy atom. The summed E-state index contributed by atoms with van der Waals surface area (Å²) in [6.45, 7) is 4.03. The number of amides is 3. The van der Waals surface area contributed by atoms with Gasteiger partial charge >= 0.3 is 6.03 Å². The predicted molar refractivity (Wildman–Crippen MR) is 156 cm³/mol. The first-order valence-corrected chi connectivity index (χ1v) is 15.0. The summed E-state index contributed by atoms with van der Waals surface area (Å²) in [5, 5.41) is 14.8. The summed E-state index contributed by atoms with van der Waals surface area (Å²) in [6.07, 6.45) is 0.517. The van der Waals surface area contributed by atoms with Gasteiger partial charge < -0.3 is 25.0 Å². The molecule has 1 heterocycles. The molecule has 0 saturated heterocycles. The SMILES string of the molecule is C[C@@H]1CN([C@@H](C)CO)C(=O)Cc2cc(NS(C)(=O)=O)ccc2O[C@@H]1CN(C)C(=O)Nc1cccc2ccccc12. The number of benzene rings is 3. The van der Waals surface area contributed by atoms with Crippen molar-refractivity contribution in [1.29, 1.82) is 0 Å². The summed E-state index contributed by atoms with van der Waals surface area (Å²) in [5.74, 6) is 0.0219. The molecule has 3 aromatic rings. The van der Waals surface area contributed by atoms with E-state index in [2.05, 4.69) is 10.0 Å². The maximum absolute atomic E-state index is 13.3. The smallest absolute Gasteiger partial charge is 0.321 e. The van der Waals surface area contributed by atoms with Crippen molar-refractivity contribution in [2.24, 2.45) is 5.92 Å². The van der Waals surface area contributed by atoms with Crippen LogP contribution in [-0.4, -0.2) is 80.4 Å². The number of hydrogen-bond donors (Lipinski definition) is 3. The van der Waals surface area contributed by atoms with E-state index in [1.54, 1.807) is 42.0 Å². The van der Waals surface area contributed by atoms with Crippen LogP contribution in [0.1, 0.15) is 19.4 Å². The molecule has 0 radical (unpaired) electrons. The Hall–Kier alpha value is -3.83. The summed E-state index contributed by atoms with van der Waals surface area (Å²) in [4.78, 5) is 29.7. The molecular formula is C29H36N4O6S. The molecule has 1 aliphatic heterocycles. The standard InChI is InChI=1S/C29H36N4O6S/c1-19-16-33(20(2)18-34)28(35)15-22-14-23(31-40(4,37)38)12-13-26(22)39-27(19)17-32(3)29(36)30-25-11-7-9-21-8-5-6-10-24(21)25/h5-14,19-20,27,31,34H,15-18H2,1-4H3,(H,30,36)/t19-,20+,27-/m1/s1. The van der Waals surface area contributed by atoms with Gasteiger partial charge in [-0.25, -0.2) is 13.2 Å². The Kier molecular flexibility index (Phi) is 8.85. The minimum absolute atomic E-state index is 0.0319. The van der Waals surface area contributed by atoms with E-state index in [1.165, 1.54) is 0 Å². The summed E-state index contributed by atoms with van der Waals surface area (Å²) < 4.78 is 32.4. The van der Waals surface area contributed by atoms with Crippen LogP contribution in [0.5, 0.6) is 5.75 Å². The molecule has 1 aliphatic rings. The minimum Gasteiger partial charge on any atom is -0.488 e. The maximum Gasteiger partial charge on any atom is 0.321 e. The Bertz CT molecular complexity index is 1490. The van der Waals surface area contributed by atoms with Crippen LogP contribution < -0.4 is 14.8 Å². The normalized spacial score (nSPS) is 18.5. The molecule has 40 heavy (non-hydrogen) atoms. The zero-order valence-corrected chi connectivity index (χ0v) is 23.9. The van der Waals surface area contributed by atoms with Crippen molar-refractivity contribution in [3.63, 3.8) is 0 Å². The lowest BCUT2D eigenvalue weighted by Gasteiger charge is -2.34. The summed E-state index contributed by atoms with van der Waals surface area (Å²) in [5.41, 5.74) is 1.52. The van der Waals surface area contributed by atoms with Crippen molar-refractivity contribution in [2.75, 3.05) is 43.0 Å². The number of fused-ring (bicyclic) bond motifs is 2. The Labute approximate surface area is 235 Å². The van der Waals surface area contributed by atoms with Crippen LogP contribution in [0.4, 0.5) is 16.2 Å². The fraction of sp³-hybridized carbons (Fsp3) is 0.379. The van der Waals surface area contributed by atoms with Crippen LogP contribution in [0.15, 0.2) is 60.7 Å². The van der Waals surface area contributed by atoms with Crippen molar-refractivity contribution in [3.8, 4) is 5.75 Å². The highest BCUT2D eigenvalue weighted by Gasteiger charge is 2.32. The quantitative estimate of drug-likeness (QED) is 0.400. The third-order valence-corrected chi connectivity index (χ3v) is 7.66. The first kappa shape index (κ1) is 29.2. The molecule has 0 saturated carbocycles. The van der Waals surface area contributed by atoms with E-state index in [0.29, 0.717) is 29.2 Å². The van der Waals surface area contributed by atoms with Gasteiger partial charge in [-0.1, -0.05) is 43.3 Å². The molecule has 0 spiro atoms. The highest BCUT2D eigenvalue weighted by Crippen LogP contribution is 2.30. The van der Waals surface area contributed by atoms with Gasteiger partial charge in [-0.15, -0.1) is 0 Å². The van der Waals surface area contributed by atoms with E-state index < -0.39 is 22.2 Å². The van der Waals surface area contributed by atoms with Gasteiger partial charge in [-0.05, 0) is 36.6 Å². The number of urea groups is 1. The van der Waals surface area contributed by atoms with Gasteiger partial charge in [0.1, 0.15) is 11.9 Å². The van der Waals surface area contributed by atoms with E-state index >= 15 is 0 Å². The zero-order valence-electron chi connectivity index (χ0n) is 23.1. The van der Waals surface area contributed by atoms with Crippen LogP contribution in [0.2, 0.25) is 0 Å². The zero-order chi connectivity index (χ0) is 29.0. The van der Waals surface area contributed by atoms with Gasteiger partial charge in [0.25, 0.3) is 0 Å². The number of nitrogens with zero attached hydrogens (tertiary/aromatic N) is 2. The number of rotatable bonds is 7. The number of likely N-dealkylation sites (N-methyl/N-ethyl adjacent to an activating group) is 1. The van der Waals surface area contributed by atoms with Crippen LogP contribution in [0.25, 0.3) is 10.8 Å². The third kappa shape index (κ3) is 7.02. The first-order chi connectivity index (χ1) is 18.9. The lowest BCUT2D eigenvalue weighted by atomic mass is 10.0. The lowest BCUT2D eigenvalue weighted by Crippen LogP contribution is -2.48. The lowest BCUT2D eigenvalue weighted by molar-refractivity contribution is -0.134. The van der Waals surface area contributed by atoms with Crippen LogP contribution in [0.3, 0.4) is 0 Å². The highest BCUT2D eigenvalue weighted by atomic mass is 32.2. The van der Waals surface area contributed by atoms with Crippen molar-refractivity contribution >= 4 is 44.1 Å². The van der Waals surface area contributed by atoms with E-state index in [1.807, 2.05) is 49.4 Å². The number of carbonyl (C=O) groups is 2. The van der Waals surface area contributed by atoms with Crippen molar-refractivity contribution < 1.29 is 27.9 Å². The molecule has 4 rings (SSSR count). The average molecular weight is 569 g/mol. The molecule has 3 atom stereocenters. The maximum atomic E-state index is 13.3. The molecule has 10 nitrogen and oxygen atoms in total. The number of aliphatic hydroxyl groups excluding tert-OH is 1. The molecule has 0 fully saturated rings. The molecule has 0 aromatic heterocycles. The second-order valence-electron chi connectivity index (χ2n) is 10.4. The van der Waals surface area contributed by atoms with Gasteiger partial charge in [0, 0.05) is 36.1 Å². The molecule has 3 N–H and O–H groups in total. The van der Waals surface area contributed by atoms with E-state index in [0.717, 1.165) is 17.0 Å². The number of carbonyl (C=O) groups excluding carboxylic acids is 2. The molecule has 3 aromatic carbocycles. The van der Waals surface area contributed by atoms with Crippen LogP contribution in [0, 0.1) is 5.92 Å². The molecule has 3 amide bonds. The summed E-state index contributed by atoms with van der Waals surface area (Å²) in [6, 6.07) is 17.6. The van der Waals surface area contributed by atoms with E-state index in [-0.39, 0.29) is 37.4 Å². The highest BCUT2D eigenvalue weighted by molar-refractivity contribution is 7.92. The number of hydrogen-bond acceptors (Lipinski definition) is 6. The van der Waals surface area contributed by atoms with E-state index in [9.17, 15) is 23.1 Å². The molecule has 214 valence electrons. The summed E-state index contributed by atoms with van der Waals surface area (Å²) in [7, 11) is -1.84. The Morgan fingerprint density at radius 3 is 2.62 bits per heavy atom. The predicted octanol–water partition coefficient (Wildman–Crippen LogP) is 3.52. The molecule has 0 aliphatic carbocycles. The second-order valence-corrected chi connectivity index (χ2v) is 12.2. The van der Waals surface area contributed by atoms with Gasteiger partial charge in [0.15, 0.2) is 0 Å². The van der Waals surface area contributed by atoms with Crippen molar-refractivity contribution in [3.05, 3.63) is 66.2 Å². The Balaban J connectivity index is 1.61. The molecule has 0 bridgehead atoms. The number of anilines is 2. The summed E-state index contributed by atoms with van der Waals surface area (Å²) >= 11 is 0. The average Bonchev–Trinajstić information content (AvgIpc) is 2.95. The van der Waals surface area contributed by atoms with Gasteiger partial charge in [0.2, 0.25) is 15.9 Å². The van der Waals surface area contributed by atoms with Crippen molar-refractivity contribution in [2.45, 2.75) is 32.4 Å². The van der Waals surface area contributed by atoms with Gasteiger partial charge in [0.05, 0.1) is 37.6 Å². The Morgan fingerprint density at radius 1 is 1.18 bits per heavy atom. The fourth-order valence-corrected chi connectivity index (χ4v) is 5.38. The van der Waals surface area contributed by atoms with Crippen LogP contribution in [-0.2, 0) is 21.2 Å². The minimum atomic E-state index is -3.52. The number of nitrogens with one attached hydrogen (secondary N) is 2. The third-order valence-electron chi connectivity index (χ3n) is 7.05. The van der Waals surface area contributed by atoms with Gasteiger partial charge in [-0.2, -0.15) is 0 Å².